The Morgan fingerprint density at radius 1 is 1.41 bits per heavy atom. The van der Waals surface area contributed by atoms with Gasteiger partial charge in [0.2, 0.25) is 0 Å². The van der Waals surface area contributed by atoms with Crippen LogP contribution >= 0.6 is 11.3 Å². The first kappa shape index (κ1) is 15.0. The van der Waals surface area contributed by atoms with Crippen LogP contribution in [0.1, 0.15) is 45.7 Å². The molecule has 0 fully saturated rings. The summed E-state index contributed by atoms with van der Waals surface area (Å²) in [5.41, 5.74) is 1.95. The van der Waals surface area contributed by atoms with E-state index in [4.69, 9.17) is 4.74 Å². The van der Waals surface area contributed by atoms with Gasteiger partial charge in [0.25, 0.3) is 5.91 Å². The maximum Gasteiger partial charge on any atom is 0.263 e. The number of nitrogens with one attached hydrogen (secondary N) is 1. The molecule has 116 valence electrons. The van der Waals surface area contributed by atoms with Gasteiger partial charge in [-0.15, -0.1) is 11.3 Å². The lowest BCUT2D eigenvalue weighted by Gasteiger charge is -2.25. The summed E-state index contributed by atoms with van der Waals surface area (Å²) in [5, 5.41) is 4.08. The molecule has 1 N–H and O–H groups in total. The molecular formula is C17H20N2O2S. The van der Waals surface area contributed by atoms with E-state index in [1.165, 1.54) is 11.3 Å². The number of aryl methyl sites for hydroxylation is 1. The number of para-hydroxylation sites is 1. The SMILES string of the molecule is Cc1nc(C(C)C)sc1C(=O)N[C@@H]1COc2ccccc2C1. The first-order valence-corrected chi connectivity index (χ1v) is 8.35. The lowest BCUT2D eigenvalue weighted by atomic mass is 10.0. The normalized spacial score (nSPS) is 17.0. The van der Waals surface area contributed by atoms with Gasteiger partial charge in [0.05, 0.1) is 16.7 Å². The number of amides is 1. The second kappa shape index (κ2) is 6.08. The Morgan fingerprint density at radius 2 is 2.18 bits per heavy atom. The van der Waals surface area contributed by atoms with E-state index < -0.39 is 0 Å². The molecule has 0 radical (unpaired) electrons. The molecule has 0 saturated heterocycles. The van der Waals surface area contributed by atoms with Gasteiger partial charge < -0.3 is 10.1 Å². The summed E-state index contributed by atoms with van der Waals surface area (Å²) in [4.78, 5) is 17.7. The van der Waals surface area contributed by atoms with E-state index in [2.05, 4.69) is 24.1 Å². The van der Waals surface area contributed by atoms with E-state index in [1.807, 2.05) is 31.2 Å². The van der Waals surface area contributed by atoms with Gasteiger partial charge in [-0.1, -0.05) is 32.0 Å². The molecule has 0 aliphatic carbocycles. The van der Waals surface area contributed by atoms with Crippen LogP contribution in [0.2, 0.25) is 0 Å². The highest BCUT2D eigenvalue weighted by Gasteiger charge is 2.24. The number of rotatable bonds is 3. The van der Waals surface area contributed by atoms with Gasteiger partial charge in [0, 0.05) is 5.92 Å². The highest BCUT2D eigenvalue weighted by molar-refractivity contribution is 7.13. The standard InChI is InChI=1S/C17H20N2O2S/c1-10(2)17-18-11(3)15(22-17)16(20)19-13-8-12-6-4-5-7-14(12)21-9-13/h4-7,10,13H,8-9H2,1-3H3,(H,19,20)/t13-/m0/s1. The molecule has 5 heteroatoms. The molecule has 22 heavy (non-hydrogen) atoms. The third kappa shape index (κ3) is 2.99. The molecule has 1 aliphatic heterocycles. The van der Waals surface area contributed by atoms with Gasteiger partial charge in [-0.25, -0.2) is 4.98 Å². The molecular weight excluding hydrogens is 296 g/mol. The Morgan fingerprint density at radius 3 is 2.91 bits per heavy atom. The summed E-state index contributed by atoms with van der Waals surface area (Å²) in [5.74, 6) is 1.22. The van der Waals surface area contributed by atoms with Crippen molar-refractivity contribution in [3.05, 3.63) is 45.4 Å². The molecule has 0 unspecified atom stereocenters. The number of benzene rings is 1. The maximum atomic E-state index is 12.5. The van der Waals surface area contributed by atoms with Crippen molar-refractivity contribution in [1.82, 2.24) is 10.3 Å². The van der Waals surface area contributed by atoms with Crippen LogP contribution in [0.5, 0.6) is 5.75 Å². The number of hydrogen-bond donors (Lipinski definition) is 1. The maximum absolute atomic E-state index is 12.5. The fourth-order valence-corrected chi connectivity index (χ4v) is 3.52. The molecule has 1 aromatic heterocycles. The number of carbonyl (C=O) groups is 1. The molecule has 0 spiro atoms. The number of nitrogens with zero attached hydrogens (tertiary/aromatic N) is 1. The van der Waals surface area contributed by atoms with Crippen molar-refractivity contribution in [1.29, 1.82) is 0 Å². The monoisotopic (exact) mass is 316 g/mol. The van der Waals surface area contributed by atoms with Crippen molar-refractivity contribution in [2.75, 3.05) is 6.61 Å². The van der Waals surface area contributed by atoms with E-state index >= 15 is 0 Å². The van der Waals surface area contributed by atoms with E-state index in [0.717, 1.165) is 28.4 Å². The molecule has 0 bridgehead atoms. The lowest BCUT2D eigenvalue weighted by Crippen LogP contribution is -2.42. The number of fused-ring (bicyclic) bond motifs is 1. The first-order chi connectivity index (χ1) is 10.5. The highest BCUT2D eigenvalue weighted by Crippen LogP contribution is 2.26. The third-order valence-electron chi connectivity index (χ3n) is 3.73. The first-order valence-electron chi connectivity index (χ1n) is 7.53. The largest absolute Gasteiger partial charge is 0.491 e. The second-order valence-electron chi connectivity index (χ2n) is 5.91. The molecule has 0 saturated carbocycles. The Kier molecular flexibility index (Phi) is 4.16. The summed E-state index contributed by atoms with van der Waals surface area (Å²) in [6.45, 7) is 6.58. The Bertz CT molecular complexity index is 694. The van der Waals surface area contributed by atoms with Crippen LogP contribution in [0.4, 0.5) is 0 Å². The number of aromatic nitrogens is 1. The van der Waals surface area contributed by atoms with Crippen LogP contribution in [0.15, 0.2) is 24.3 Å². The number of carbonyl (C=O) groups excluding carboxylic acids is 1. The van der Waals surface area contributed by atoms with Crippen molar-refractivity contribution in [2.45, 2.75) is 39.2 Å². The van der Waals surface area contributed by atoms with Crippen LogP contribution in [0.3, 0.4) is 0 Å². The Balaban J connectivity index is 1.70. The average molecular weight is 316 g/mol. The van der Waals surface area contributed by atoms with E-state index in [-0.39, 0.29) is 11.9 Å². The fraction of sp³-hybridized carbons (Fsp3) is 0.412. The van der Waals surface area contributed by atoms with Gasteiger partial charge in [-0.3, -0.25) is 4.79 Å². The number of hydrogen-bond acceptors (Lipinski definition) is 4. The molecule has 2 aromatic rings. The minimum absolute atomic E-state index is 0.00593. The van der Waals surface area contributed by atoms with Crippen molar-refractivity contribution >= 4 is 17.2 Å². The van der Waals surface area contributed by atoms with Gasteiger partial charge in [-0.05, 0) is 25.0 Å². The van der Waals surface area contributed by atoms with Crippen molar-refractivity contribution < 1.29 is 9.53 Å². The number of ether oxygens (including phenoxy) is 1. The predicted octanol–water partition coefficient (Wildman–Crippen LogP) is 3.31. The van der Waals surface area contributed by atoms with Gasteiger partial charge in [0.1, 0.15) is 17.2 Å². The quantitative estimate of drug-likeness (QED) is 0.945. The average Bonchev–Trinajstić information content (AvgIpc) is 2.89. The number of thiazole rings is 1. The van der Waals surface area contributed by atoms with E-state index in [9.17, 15) is 4.79 Å². The fourth-order valence-electron chi connectivity index (χ4n) is 2.55. The topological polar surface area (TPSA) is 51.2 Å². The second-order valence-corrected chi connectivity index (χ2v) is 6.95. The molecule has 2 heterocycles. The summed E-state index contributed by atoms with van der Waals surface area (Å²) >= 11 is 1.49. The Labute approximate surface area is 134 Å². The summed E-state index contributed by atoms with van der Waals surface area (Å²) in [6.07, 6.45) is 0.802. The molecule has 1 aliphatic rings. The van der Waals surface area contributed by atoms with Crippen LogP contribution in [-0.2, 0) is 6.42 Å². The van der Waals surface area contributed by atoms with Crippen molar-refractivity contribution in [3.8, 4) is 5.75 Å². The predicted molar refractivity (Wildman–Crippen MR) is 87.8 cm³/mol. The Hall–Kier alpha value is -1.88. The van der Waals surface area contributed by atoms with Crippen LogP contribution < -0.4 is 10.1 Å². The summed E-state index contributed by atoms with van der Waals surface area (Å²) in [6, 6.07) is 7.98. The highest BCUT2D eigenvalue weighted by atomic mass is 32.1. The molecule has 4 nitrogen and oxygen atoms in total. The zero-order chi connectivity index (χ0) is 15.7. The molecule has 3 rings (SSSR count). The van der Waals surface area contributed by atoms with Crippen molar-refractivity contribution in [3.63, 3.8) is 0 Å². The zero-order valence-electron chi connectivity index (χ0n) is 13.1. The third-order valence-corrected chi connectivity index (χ3v) is 5.18. The van der Waals surface area contributed by atoms with E-state index in [1.54, 1.807) is 0 Å². The van der Waals surface area contributed by atoms with Crippen LogP contribution in [-0.4, -0.2) is 23.5 Å². The molecule has 1 amide bonds. The van der Waals surface area contributed by atoms with E-state index in [0.29, 0.717) is 17.4 Å². The minimum Gasteiger partial charge on any atom is -0.491 e. The van der Waals surface area contributed by atoms with Gasteiger partial charge in [0.15, 0.2) is 0 Å². The summed E-state index contributed by atoms with van der Waals surface area (Å²) in [7, 11) is 0. The van der Waals surface area contributed by atoms with Crippen LogP contribution in [0.25, 0.3) is 0 Å². The van der Waals surface area contributed by atoms with Gasteiger partial charge in [-0.2, -0.15) is 0 Å². The molecule has 1 aromatic carbocycles. The minimum atomic E-state index is -0.0464. The van der Waals surface area contributed by atoms with Crippen molar-refractivity contribution in [2.24, 2.45) is 0 Å². The van der Waals surface area contributed by atoms with Crippen LogP contribution in [0, 0.1) is 6.92 Å². The molecule has 1 atom stereocenters. The summed E-state index contributed by atoms with van der Waals surface area (Å²) < 4.78 is 5.72. The lowest BCUT2D eigenvalue weighted by molar-refractivity contribution is 0.0918. The van der Waals surface area contributed by atoms with Gasteiger partial charge >= 0.3 is 0 Å². The zero-order valence-corrected chi connectivity index (χ0v) is 13.9. The smallest absolute Gasteiger partial charge is 0.263 e.